The van der Waals surface area contributed by atoms with Crippen molar-refractivity contribution in [3.63, 3.8) is 0 Å². The molecule has 2 fully saturated rings. The van der Waals surface area contributed by atoms with Gasteiger partial charge in [-0.25, -0.2) is 0 Å². The smallest absolute Gasteiger partial charge is 0.246 e. The van der Waals surface area contributed by atoms with Crippen molar-refractivity contribution in [2.24, 2.45) is 0 Å². The van der Waals surface area contributed by atoms with E-state index in [1.165, 1.54) is 0 Å². The summed E-state index contributed by atoms with van der Waals surface area (Å²) in [6.07, 6.45) is 1.59. The predicted molar refractivity (Wildman–Crippen MR) is 75.3 cm³/mol. The molecule has 0 aromatic heterocycles. The van der Waals surface area contributed by atoms with Crippen molar-refractivity contribution in [2.75, 3.05) is 39.8 Å². The van der Waals surface area contributed by atoms with E-state index in [0.717, 1.165) is 12.8 Å². The summed E-state index contributed by atoms with van der Waals surface area (Å²) in [6.45, 7) is 6.75. The van der Waals surface area contributed by atoms with Crippen LogP contribution in [0.5, 0.6) is 0 Å². The summed E-state index contributed by atoms with van der Waals surface area (Å²) in [6, 6.07) is 0.368. The standard InChI is InChI=1S/C14H25N3O3/c1-11(2)16(3)8-13(19)17-6-4-14(5-7-17)10-15-12(18)9-20-14/h11H,4-10H2,1-3H3,(H,15,18). The first-order chi connectivity index (χ1) is 9.42. The van der Waals surface area contributed by atoms with Gasteiger partial charge in [-0.2, -0.15) is 0 Å². The molecule has 6 heteroatoms. The van der Waals surface area contributed by atoms with Gasteiger partial charge in [0, 0.05) is 25.7 Å². The molecule has 1 spiro atoms. The van der Waals surface area contributed by atoms with E-state index in [1.54, 1.807) is 0 Å². The fourth-order valence-electron chi connectivity index (χ4n) is 2.56. The van der Waals surface area contributed by atoms with Gasteiger partial charge in [-0.1, -0.05) is 0 Å². The molecule has 2 heterocycles. The van der Waals surface area contributed by atoms with Crippen molar-refractivity contribution in [2.45, 2.75) is 38.3 Å². The lowest BCUT2D eigenvalue weighted by atomic mass is 9.90. The van der Waals surface area contributed by atoms with E-state index in [-0.39, 0.29) is 24.0 Å². The highest BCUT2D eigenvalue weighted by molar-refractivity contribution is 5.79. The SMILES string of the molecule is CC(C)N(C)CC(=O)N1CCC2(CC1)CNC(=O)CO2. The topological polar surface area (TPSA) is 61.9 Å². The van der Waals surface area contributed by atoms with Crippen LogP contribution in [0.25, 0.3) is 0 Å². The number of likely N-dealkylation sites (tertiary alicyclic amines) is 1. The minimum absolute atomic E-state index is 0.0484. The third-order valence-electron chi connectivity index (χ3n) is 4.41. The molecule has 0 aromatic rings. The molecule has 6 nitrogen and oxygen atoms in total. The second-order valence-electron chi connectivity index (χ2n) is 6.14. The first kappa shape index (κ1) is 15.3. The van der Waals surface area contributed by atoms with Crippen LogP contribution in [-0.2, 0) is 14.3 Å². The van der Waals surface area contributed by atoms with Crippen molar-refractivity contribution < 1.29 is 14.3 Å². The van der Waals surface area contributed by atoms with Crippen LogP contribution in [0.15, 0.2) is 0 Å². The van der Waals surface area contributed by atoms with Crippen molar-refractivity contribution >= 4 is 11.8 Å². The zero-order valence-electron chi connectivity index (χ0n) is 12.6. The monoisotopic (exact) mass is 283 g/mol. The van der Waals surface area contributed by atoms with Crippen LogP contribution in [0.4, 0.5) is 0 Å². The van der Waals surface area contributed by atoms with Crippen molar-refractivity contribution in [1.29, 1.82) is 0 Å². The maximum atomic E-state index is 12.2. The van der Waals surface area contributed by atoms with Gasteiger partial charge in [0.05, 0.1) is 12.1 Å². The minimum atomic E-state index is -0.255. The quantitative estimate of drug-likeness (QED) is 0.781. The van der Waals surface area contributed by atoms with E-state index in [1.807, 2.05) is 16.8 Å². The van der Waals surface area contributed by atoms with Gasteiger partial charge in [0.15, 0.2) is 0 Å². The Bertz CT molecular complexity index is 364. The second kappa shape index (κ2) is 6.10. The number of rotatable bonds is 3. The molecule has 0 aliphatic carbocycles. The van der Waals surface area contributed by atoms with E-state index in [2.05, 4.69) is 19.2 Å². The molecule has 0 saturated carbocycles. The normalized spacial score (nSPS) is 22.4. The molecular weight excluding hydrogens is 258 g/mol. The number of carbonyl (C=O) groups excluding carboxylic acids is 2. The van der Waals surface area contributed by atoms with Gasteiger partial charge >= 0.3 is 0 Å². The summed E-state index contributed by atoms with van der Waals surface area (Å²) in [5.74, 6) is 0.128. The average Bonchev–Trinajstić information content (AvgIpc) is 2.43. The third-order valence-corrected chi connectivity index (χ3v) is 4.41. The summed E-state index contributed by atoms with van der Waals surface area (Å²) >= 11 is 0. The maximum Gasteiger partial charge on any atom is 0.246 e. The highest BCUT2D eigenvalue weighted by Gasteiger charge is 2.39. The highest BCUT2D eigenvalue weighted by atomic mass is 16.5. The summed E-state index contributed by atoms with van der Waals surface area (Å²) in [7, 11) is 1.97. The predicted octanol–water partition coefficient (Wildman–Crippen LogP) is -0.166. The van der Waals surface area contributed by atoms with Crippen molar-refractivity contribution in [1.82, 2.24) is 15.1 Å². The first-order valence-corrected chi connectivity index (χ1v) is 7.30. The van der Waals surface area contributed by atoms with Gasteiger partial charge in [-0.15, -0.1) is 0 Å². The van der Waals surface area contributed by atoms with Crippen LogP contribution in [0.1, 0.15) is 26.7 Å². The number of morpholine rings is 1. The molecule has 0 atom stereocenters. The molecular formula is C14H25N3O3. The second-order valence-corrected chi connectivity index (χ2v) is 6.14. The fourth-order valence-corrected chi connectivity index (χ4v) is 2.56. The van der Waals surface area contributed by atoms with E-state index >= 15 is 0 Å². The van der Waals surface area contributed by atoms with Crippen molar-refractivity contribution in [3.8, 4) is 0 Å². The molecule has 20 heavy (non-hydrogen) atoms. The Morgan fingerprint density at radius 3 is 2.60 bits per heavy atom. The summed E-state index contributed by atoms with van der Waals surface area (Å²) in [5, 5.41) is 2.86. The molecule has 0 aromatic carbocycles. The molecule has 2 amide bonds. The van der Waals surface area contributed by atoms with Gasteiger partial charge in [0.1, 0.15) is 6.61 Å². The number of hydrogen-bond donors (Lipinski definition) is 1. The largest absolute Gasteiger partial charge is 0.363 e. The maximum absolute atomic E-state index is 12.2. The molecule has 2 aliphatic rings. The van der Waals surface area contributed by atoms with E-state index in [9.17, 15) is 9.59 Å². The lowest BCUT2D eigenvalue weighted by Gasteiger charge is -2.43. The van der Waals surface area contributed by atoms with E-state index in [4.69, 9.17) is 4.74 Å². The molecule has 0 unspecified atom stereocenters. The minimum Gasteiger partial charge on any atom is -0.363 e. The van der Waals surface area contributed by atoms with Crippen LogP contribution in [0.3, 0.4) is 0 Å². The molecule has 114 valence electrons. The Morgan fingerprint density at radius 1 is 1.45 bits per heavy atom. The number of amides is 2. The Hall–Kier alpha value is -1.14. The van der Waals surface area contributed by atoms with Gasteiger partial charge in [-0.3, -0.25) is 14.5 Å². The van der Waals surface area contributed by atoms with Crippen LogP contribution in [0, 0.1) is 0 Å². The summed E-state index contributed by atoms with van der Waals surface area (Å²) < 4.78 is 5.71. The Morgan fingerprint density at radius 2 is 2.10 bits per heavy atom. The van der Waals surface area contributed by atoms with Crippen LogP contribution < -0.4 is 5.32 Å². The average molecular weight is 283 g/mol. The molecule has 0 radical (unpaired) electrons. The Labute approximate surface area is 120 Å². The lowest BCUT2D eigenvalue weighted by Crippen LogP contribution is -2.58. The number of carbonyl (C=O) groups is 2. The number of ether oxygens (including phenoxy) is 1. The van der Waals surface area contributed by atoms with Crippen LogP contribution >= 0.6 is 0 Å². The Balaban J connectivity index is 1.82. The third kappa shape index (κ3) is 3.49. The summed E-state index contributed by atoms with van der Waals surface area (Å²) in [5.41, 5.74) is -0.255. The fraction of sp³-hybridized carbons (Fsp3) is 0.857. The van der Waals surface area contributed by atoms with Gasteiger partial charge < -0.3 is 15.0 Å². The number of piperidine rings is 1. The molecule has 1 N–H and O–H groups in total. The zero-order valence-corrected chi connectivity index (χ0v) is 12.6. The zero-order chi connectivity index (χ0) is 14.8. The first-order valence-electron chi connectivity index (χ1n) is 7.30. The number of likely N-dealkylation sites (N-methyl/N-ethyl adjacent to an activating group) is 1. The number of nitrogens with one attached hydrogen (secondary N) is 1. The van der Waals surface area contributed by atoms with Crippen LogP contribution in [0.2, 0.25) is 0 Å². The summed E-state index contributed by atoms with van der Waals surface area (Å²) in [4.78, 5) is 27.3. The Kier molecular flexibility index (Phi) is 4.65. The van der Waals surface area contributed by atoms with Gasteiger partial charge in [0.25, 0.3) is 0 Å². The highest BCUT2D eigenvalue weighted by Crippen LogP contribution is 2.27. The van der Waals surface area contributed by atoms with Crippen molar-refractivity contribution in [3.05, 3.63) is 0 Å². The molecule has 2 aliphatic heterocycles. The van der Waals surface area contributed by atoms with Crippen LogP contribution in [-0.4, -0.2) is 73.1 Å². The molecule has 2 rings (SSSR count). The lowest BCUT2D eigenvalue weighted by molar-refractivity contribution is -0.155. The molecule has 0 bridgehead atoms. The number of nitrogens with zero attached hydrogens (tertiary/aromatic N) is 2. The van der Waals surface area contributed by atoms with E-state index < -0.39 is 0 Å². The molecule has 2 saturated heterocycles. The van der Waals surface area contributed by atoms with Gasteiger partial charge in [-0.05, 0) is 33.7 Å². The van der Waals surface area contributed by atoms with Gasteiger partial charge in [0.2, 0.25) is 11.8 Å². The van der Waals surface area contributed by atoms with E-state index in [0.29, 0.717) is 32.2 Å². The number of hydrogen-bond acceptors (Lipinski definition) is 4.